The summed E-state index contributed by atoms with van der Waals surface area (Å²) < 4.78 is 37.9. The molecule has 0 aromatic heterocycles. The predicted octanol–water partition coefficient (Wildman–Crippen LogP) is 7.82. The van der Waals surface area contributed by atoms with Gasteiger partial charge in [0.05, 0.1) is 0 Å². The molecule has 0 aliphatic carbocycles. The van der Waals surface area contributed by atoms with Gasteiger partial charge in [0.25, 0.3) is 0 Å². The molecule has 2 aromatic carbocycles. The van der Waals surface area contributed by atoms with Crippen molar-refractivity contribution in [2.75, 3.05) is 11.5 Å². The van der Waals surface area contributed by atoms with E-state index in [0.29, 0.717) is 4.90 Å². The Morgan fingerprint density at radius 3 is 1.92 bits per heavy atom. The molecule has 0 nitrogen and oxygen atoms in total. The SMILES string of the molecule is CC.CCCSc1ccc(F)cc1F.CCCSc1cccc(F)c1. The lowest BCUT2D eigenvalue weighted by molar-refractivity contribution is 0.565. The second kappa shape index (κ2) is 15.2. The highest BCUT2D eigenvalue weighted by Crippen LogP contribution is 2.22. The number of hydrogen-bond acceptors (Lipinski definition) is 2. The van der Waals surface area contributed by atoms with Crippen LogP contribution >= 0.6 is 23.5 Å². The van der Waals surface area contributed by atoms with Crippen LogP contribution in [0.2, 0.25) is 0 Å². The number of halogens is 3. The zero-order valence-corrected chi connectivity index (χ0v) is 17.0. The van der Waals surface area contributed by atoms with Crippen molar-refractivity contribution in [3.05, 3.63) is 59.9 Å². The van der Waals surface area contributed by atoms with Crippen molar-refractivity contribution in [2.45, 2.75) is 50.3 Å². The van der Waals surface area contributed by atoms with E-state index >= 15 is 0 Å². The Morgan fingerprint density at radius 2 is 1.36 bits per heavy atom. The van der Waals surface area contributed by atoms with E-state index in [1.54, 1.807) is 23.9 Å². The van der Waals surface area contributed by atoms with Crippen molar-refractivity contribution in [1.29, 1.82) is 0 Å². The summed E-state index contributed by atoms with van der Waals surface area (Å²) in [6.07, 6.45) is 2.11. The van der Waals surface area contributed by atoms with Gasteiger partial charge in [-0.15, -0.1) is 23.5 Å². The average molecular weight is 389 g/mol. The van der Waals surface area contributed by atoms with Gasteiger partial charge in [-0.25, -0.2) is 13.2 Å². The summed E-state index contributed by atoms with van der Waals surface area (Å²) in [5.41, 5.74) is 0. The van der Waals surface area contributed by atoms with E-state index in [1.807, 2.05) is 26.8 Å². The normalized spacial score (nSPS) is 9.56. The number of rotatable bonds is 6. The van der Waals surface area contributed by atoms with Crippen LogP contribution < -0.4 is 0 Å². The van der Waals surface area contributed by atoms with Crippen LogP contribution in [0.25, 0.3) is 0 Å². The van der Waals surface area contributed by atoms with Gasteiger partial charge in [-0.1, -0.05) is 33.8 Å². The molecule has 0 atom stereocenters. The average Bonchev–Trinajstić information content (AvgIpc) is 2.62. The Labute approximate surface area is 158 Å². The van der Waals surface area contributed by atoms with Gasteiger partial charge in [-0.2, -0.15) is 0 Å². The summed E-state index contributed by atoms with van der Waals surface area (Å²) in [6, 6.07) is 10.4. The fourth-order valence-corrected chi connectivity index (χ4v) is 3.18. The van der Waals surface area contributed by atoms with Crippen molar-refractivity contribution in [2.24, 2.45) is 0 Å². The summed E-state index contributed by atoms with van der Waals surface area (Å²) in [7, 11) is 0. The van der Waals surface area contributed by atoms with E-state index in [4.69, 9.17) is 0 Å². The molecule has 0 fully saturated rings. The lowest BCUT2D eigenvalue weighted by Gasteiger charge is -2.00. The van der Waals surface area contributed by atoms with Crippen LogP contribution in [-0.4, -0.2) is 11.5 Å². The summed E-state index contributed by atoms with van der Waals surface area (Å²) in [5, 5.41) is 0. The third-order valence-corrected chi connectivity index (χ3v) is 5.08. The molecule has 0 N–H and O–H groups in total. The molecular formula is C20H27F3S2. The monoisotopic (exact) mass is 388 g/mol. The minimum atomic E-state index is -0.520. The van der Waals surface area contributed by atoms with Gasteiger partial charge in [0.2, 0.25) is 0 Å². The lowest BCUT2D eigenvalue weighted by Crippen LogP contribution is -1.84. The predicted molar refractivity (Wildman–Crippen MR) is 106 cm³/mol. The van der Waals surface area contributed by atoms with Gasteiger partial charge < -0.3 is 0 Å². The van der Waals surface area contributed by atoms with E-state index in [0.717, 1.165) is 35.3 Å². The molecule has 0 aliphatic heterocycles. The van der Waals surface area contributed by atoms with Crippen molar-refractivity contribution in [1.82, 2.24) is 0 Å². The molecule has 25 heavy (non-hydrogen) atoms. The fourth-order valence-electron chi connectivity index (χ4n) is 1.58. The molecule has 140 valence electrons. The van der Waals surface area contributed by atoms with E-state index in [2.05, 4.69) is 6.92 Å². The van der Waals surface area contributed by atoms with Crippen molar-refractivity contribution < 1.29 is 13.2 Å². The third-order valence-electron chi connectivity index (χ3n) is 2.62. The molecule has 0 spiro atoms. The summed E-state index contributed by atoms with van der Waals surface area (Å²) in [4.78, 5) is 1.55. The van der Waals surface area contributed by atoms with E-state index < -0.39 is 11.6 Å². The Morgan fingerprint density at radius 1 is 0.760 bits per heavy atom. The molecule has 0 heterocycles. The Hall–Kier alpha value is -1.07. The molecule has 0 radical (unpaired) electrons. The molecule has 0 aliphatic rings. The Bertz CT molecular complexity index is 589. The standard InChI is InChI=1S/C9H10F2S.C9H11FS.C2H6/c1-2-5-12-9-4-3-7(10)6-8(9)11;1-2-6-11-9-5-3-4-8(10)7-9;1-2/h3-4,6H,2,5H2,1H3;3-5,7H,2,6H2,1H3;1-2H3. The van der Waals surface area contributed by atoms with E-state index in [1.165, 1.54) is 30.0 Å². The van der Waals surface area contributed by atoms with Gasteiger partial charge >= 0.3 is 0 Å². The summed E-state index contributed by atoms with van der Waals surface area (Å²) >= 11 is 3.11. The van der Waals surface area contributed by atoms with Crippen molar-refractivity contribution in [3.8, 4) is 0 Å². The quantitative estimate of drug-likeness (QED) is 0.463. The maximum atomic E-state index is 12.9. The minimum absolute atomic E-state index is 0.147. The zero-order chi connectivity index (χ0) is 19.1. The number of hydrogen-bond donors (Lipinski definition) is 0. The molecule has 5 heteroatoms. The number of thioether (sulfide) groups is 2. The van der Waals surface area contributed by atoms with Crippen LogP contribution in [0.15, 0.2) is 52.3 Å². The molecular weight excluding hydrogens is 361 g/mol. The first-order chi connectivity index (χ1) is 12.1. The Balaban J connectivity index is 0.000000421. The largest absolute Gasteiger partial charge is 0.207 e. The zero-order valence-electron chi connectivity index (χ0n) is 15.3. The van der Waals surface area contributed by atoms with Crippen molar-refractivity contribution in [3.63, 3.8) is 0 Å². The van der Waals surface area contributed by atoms with Crippen LogP contribution in [0.1, 0.15) is 40.5 Å². The van der Waals surface area contributed by atoms with Crippen LogP contribution in [-0.2, 0) is 0 Å². The summed E-state index contributed by atoms with van der Waals surface area (Å²) in [5.74, 6) is 0.791. The fraction of sp³-hybridized carbons (Fsp3) is 0.400. The van der Waals surface area contributed by atoms with Crippen LogP contribution in [0.4, 0.5) is 13.2 Å². The first kappa shape index (κ1) is 23.9. The topological polar surface area (TPSA) is 0 Å². The molecule has 0 unspecified atom stereocenters. The Kier molecular flexibility index (Phi) is 14.6. The summed E-state index contributed by atoms with van der Waals surface area (Å²) in [6.45, 7) is 8.14. The molecule has 0 saturated carbocycles. The van der Waals surface area contributed by atoms with Gasteiger partial charge in [0, 0.05) is 15.9 Å². The van der Waals surface area contributed by atoms with Gasteiger partial charge in [-0.05, 0) is 54.7 Å². The third kappa shape index (κ3) is 11.2. The van der Waals surface area contributed by atoms with Crippen molar-refractivity contribution >= 4 is 23.5 Å². The molecule has 0 saturated heterocycles. The molecule has 0 bridgehead atoms. The molecule has 0 amide bonds. The van der Waals surface area contributed by atoms with Gasteiger partial charge in [0.15, 0.2) is 0 Å². The van der Waals surface area contributed by atoms with E-state index in [-0.39, 0.29) is 5.82 Å². The first-order valence-corrected chi connectivity index (χ1v) is 10.5. The lowest BCUT2D eigenvalue weighted by atomic mass is 10.3. The smallest absolute Gasteiger partial charge is 0.139 e. The first-order valence-electron chi connectivity index (χ1n) is 8.53. The minimum Gasteiger partial charge on any atom is -0.207 e. The highest BCUT2D eigenvalue weighted by atomic mass is 32.2. The van der Waals surface area contributed by atoms with Gasteiger partial charge in [-0.3, -0.25) is 0 Å². The van der Waals surface area contributed by atoms with Crippen LogP contribution in [0, 0.1) is 17.5 Å². The maximum Gasteiger partial charge on any atom is 0.139 e. The highest BCUT2D eigenvalue weighted by Gasteiger charge is 2.02. The second-order valence-electron chi connectivity index (χ2n) is 4.73. The number of benzene rings is 2. The van der Waals surface area contributed by atoms with Gasteiger partial charge in [0.1, 0.15) is 17.5 Å². The second-order valence-corrected chi connectivity index (χ2v) is 7.03. The van der Waals surface area contributed by atoms with Crippen LogP contribution in [0.3, 0.4) is 0 Å². The van der Waals surface area contributed by atoms with E-state index in [9.17, 15) is 13.2 Å². The molecule has 2 rings (SSSR count). The van der Waals surface area contributed by atoms with Crippen LogP contribution in [0.5, 0.6) is 0 Å². The highest BCUT2D eigenvalue weighted by molar-refractivity contribution is 7.99. The maximum absolute atomic E-state index is 12.9. The molecule has 2 aromatic rings.